The number of hydrogen-bond donors (Lipinski definition) is 1. The van der Waals surface area contributed by atoms with Crippen LogP contribution in [0, 0.1) is 11.8 Å². The average molecular weight is 260 g/mol. The van der Waals surface area contributed by atoms with E-state index in [0.717, 1.165) is 24.9 Å². The molecule has 19 heavy (non-hydrogen) atoms. The minimum atomic E-state index is 0.735. The number of benzene rings is 1. The fourth-order valence-electron chi connectivity index (χ4n) is 2.60. The summed E-state index contributed by atoms with van der Waals surface area (Å²) in [6.07, 6.45) is 2.68. The predicted octanol–water partition coefficient (Wildman–Crippen LogP) is 3.67. The van der Waals surface area contributed by atoms with Crippen LogP contribution in [0.2, 0.25) is 0 Å². The third kappa shape index (κ3) is 3.97. The molecule has 0 aromatic heterocycles. The molecule has 0 radical (unpaired) electrons. The highest BCUT2D eigenvalue weighted by molar-refractivity contribution is 5.54. The Labute approximate surface area is 118 Å². The normalized spacial score (nSPS) is 17.2. The SMILES string of the molecule is CC(C)C(C)CNCc1ccccc1N1CCCC1. The number of rotatable bonds is 6. The molecule has 0 bridgehead atoms. The van der Waals surface area contributed by atoms with Gasteiger partial charge in [-0.25, -0.2) is 0 Å². The van der Waals surface area contributed by atoms with Gasteiger partial charge >= 0.3 is 0 Å². The molecule has 1 fully saturated rings. The molecule has 2 nitrogen and oxygen atoms in total. The number of hydrogen-bond acceptors (Lipinski definition) is 2. The summed E-state index contributed by atoms with van der Waals surface area (Å²) in [6, 6.07) is 8.85. The minimum Gasteiger partial charge on any atom is -0.371 e. The first kappa shape index (κ1) is 14.4. The molecule has 1 aliphatic rings. The molecule has 1 unspecified atom stereocenters. The van der Waals surface area contributed by atoms with Gasteiger partial charge in [0.2, 0.25) is 0 Å². The molecule has 2 rings (SSSR count). The van der Waals surface area contributed by atoms with Crippen LogP contribution in [0.1, 0.15) is 39.2 Å². The first-order valence-electron chi connectivity index (χ1n) is 7.72. The lowest BCUT2D eigenvalue weighted by atomic mass is 9.98. The van der Waals surface area contributed by atoms with E-state index >= 15 is 0 Å². The molecule has 1 saturated heterocycles. The van der Waals surface area contributed by atoms with Gasteiger partial charge in [-0.2, -0.15) is 0 Å². The molecule has 1 N–H and O–H groups in total. The second-order valence-electron chi connectivity index (χ2n) is 6.18. The van der Waals surface area contributed by atoms with E-state index in [2.05, 4.69) is 55.3 Å². The molecule has 2 heteroatoms. The lowest BCUT2D eigenvalue weighted by molar-refractivity contribution is 0.392. The third-order valence-electron chi connectivity index (χ3n) is 4.36. The zero-order valence-electron chi connectivity index (χ0n) is 12.7. The van der Waals surface area contributed by atoms with Crippen LogP contribution in [0.5, 0.6) is 0 Å². The van der Waals surface area contributed by atoms with E-state index in [-0.39, 0.29) is 0 Å². The minimum absolute atomic E-state index is 0.735. The molecule has 1 atom stereocenters. The molecule has 1 aromatic rings. The highest BCUT2D eigenvalue weighted by Gasteiger charge is 2.15. The van der Waals surface area contributed by atoms with Crippen molar-refractivity contribution in [1.29, 1.82) is 0 Å². The first-order valence-corrected chi connectivity index (χ1v) is 7.72. The largest absolute Gasteiger partial charge is 0.371 e. The van der Waals surface area contributed by atoms with Crippen LogP contribution in [0.3, 0.4) is 0 Å². The summed E-state index contributed by atoms with van der Waals surface area (Å²) in [5, 5.41) is 3.62. The van der Waals surface area contributed by atoms with Gasteiger partial charge in [0.1, 0.15) is 0 Å². The summed E-state index contributed by atoms with van der Waals surface area (Å²) in [5.41, 5.74) is 2.88. The van der Waals surface area contributed by atoms with Gasteiger partial charge in [-0.1, -0.05) is 39.0 Å². The average Bonchev–Trinajstić information content (AvgIpc) is 2.93. The Kier molecular flexibility index (Phi) is 5.26. The maximum Gasteiger partial charge on any atom is 0.0411 e. The summed E-state index contributed by atoms with van der Waals surface area (Å²) < 4.78 is 0. The van der Waals surface area contributed by atoms with E-state index in [0.29, 0.717) is 0 Å². The fourth-order valence-corrected chi connectivity index (χ4v) is 2.60. The number of anilines is 1. The van der Waals surface area contributed by atoms with Crippen LogP contribution in [0.25, 0.3) is 0 Å². The molecule has 1 aromatic carbocycles. The fraction of sp³-hybridized carbons (Fsp3) is 0.647. The molecular weight excluding hydrogens is 232 g/mol. The second-order valence-corrected chi connectivity index (χ2v) is 6.18. The maximum atomic E-state index is 3.62. The third-order valence-corrected chi connectivity index (χ3v) is 4.36. The maximum absolute atomic E-state index is 3.62. The number of para-hydroxylation sites is 1. The Hall–Kier alpha value is -1.02. The van der Waals surface area contributed by atoms with Gasteiger partial charge in [-0.05, 0) is 42.9 Å². The molecule has 0 spiro atoms. The van der Waals surface area contributed by atoms with Crippen LogP contribution in [0.4, 0.5) is 5.69 Å². The quantitative estimate of drug-likeness (QED) is 0.839. The Morgan fingerprint density at radius 1 is 1.11 bits per heavy atom. The molecule has 106 valence electrons. The highest BCUT2D eigenvalue weighted by atomic mass is 15.1. The molecule has 0 aliphatic carbocycles. The Bertz CT molecular complexity index is 381. The van der Waals surface area contributed by atoms with Gasteiger partial charge in [0.05, 0.1) is 0 Å². The van der Waals surface area contributed by atoms with Crippen molar-refractivity contribution in [1.82, 2.24) is 5.32 Å². The number of nitrogens with one attached hydrogen (secondary N) is 1. The summed E-state index contributed by atoms with van der Waals surface area (Å²) in [4.78, 5) is 2.53. The van der Waals surface area contributed by atoms with Gasteiger partial charge in [0.15, 0.2) is 0 Å². The standard InChI is InChI=1S/C17H28N2/c1-14(2)15(3)12-18-13-16-8-4-5-9-17(16)19-10-6-7-11-19/h4-5,8-9,14-15,18H,6-7,10-13H2,1-3H3. The van der Waals surface area contributed by atoms with E-state index in [1.807, 2.05) is 0 Å². The summed E-state index contributed by atoms with van der Waals surface area (Å²) in [7, 11) is 0. The highest BCUT2D eigenvalue weighted by Crippen LogP contribution is 2.24. The molecule has 1 aliphatic heterocycles. The zero-order valence-corrected chi connectivity index (χ0v) is 12.7. The second kappa shape index (κ2) is 6.95. The van der Waals surface area contributed by atoms with Crippen molar-refractivity contribution in [3.63, 3.8) is 0 Å². The van der Waals surface area contributed by atoms with Crippen molar-refractivity contribution in [2.24, 2.45) is 11.8 Å². The van der Waals surface area contributed by atoms with Crippen molar-refractivity contribution in [2.45, 2.75) is 40.2 Å². The van der Waals surface area contributed by atoms with Crippen LogP contribution < -0.4 is 10.2 Å². The number of nitrogens with zero attached hydrogens (tertiary/aromatic N) is 1. The predicted molar refractivity (Wildman–Crippen MR) is 83.6 cm³/mol. The van der Waals surface area contributed by atoms with E-state index in [9.17, 15) is 0 Å². The van der Waals surface area contributed by atoms with Crippen molar-refractivity contribution in [2.75, 3.05) is 24.5 Å². The van der Waals surface area contributed by atoms with Gasteiger partial charge in [0.25, 0.3) is 0 Å². The van der Waals surface area contributed by atoms with Crippen LogP contribution in [-0.2, 0) is 6.54 Å². The monoisotopic (exact) mass is 260 g/mol. The van der Waals surface area contributed by atoms with Crippen LogP contribution >= 0.6 is 0 Å². The Morgan fingerprint density at radius 3 is 2.47 bits per heavy atom. The lowest BCUT2D eigenvalue weighted by Gasteiger charge is -2.22. The van der Waals surface area contributed by atoms with Crippen molar-refractivity contribution in [3.05, 3.63) is 29.8 Å². The Balaban J connectivity index is 1.92. The van der Waals surface area contributed by atoms with Crippen LogP contribution in [-0.4, -0.2) is 19.6 Å². The van der Waals surface area contributed by atoms with Gasteiger partial charge in [-0.15, -0.1) is 0 Å². The van der Waals surface area contributed by atoms with E-state index in [4.69, 9.17) is 0 Å². The Morgan fingerprint density at radius 2 is 1.79 bits per heavy atom. The molecule has 0 saturated carbocycles. The molecular formula is C17H28N2. The first-order chi connectivity index (χ1) is 9.18. The van der Waals surface area contributed by atoms with Gasteiger partial charge in [0, 0.05) is 25.3 Å². The zero-order chi connectivity index (χ0) is 13.7. The lowest BCUT2D eigenvalue weighted by Crippen LogP contribution is -2.25. The summed E-state index contributed by atoms with van der Waals surface area (Å²) in [5.74, 6) is 1.49. The smallest absolute Gasteiger partial charge is 0.0411 e. The van der Waals surface area contributed by atoms with Crippen LogP contribution in [0.15, 0.2) is 24.3 Å². The van der Waals surface area contributed by atoms with Crippen molar-refractivity contribution >= 4 is 5.69 Å². The van der Waals surface area contributed by atoms with Crippen molar-refractivity contribution in [3.8, 4) is 0 Å². The molecule has 0 amide bonds. The van der Waals surface area contributed by atoms with E-state index in [1.165, 1.54) is 37.2 Å². The molecule has 1 heterocycles. The van der Waals surface area contributed by atoms with Gasteiger partial charge < -0.3 is 10.2 Å². The summed E-state index contributed by atoms with van der Waals surface area (Å²) >= 11 is 0. The topological polar surface area (TPSA) is 15.3 Å². The summed E-state index contributed by atoms with van der Waals surface area (Å²) in [6.45, 7) is 11.5. The van der Waals surface area contributed by atoms with Crippen molar-refractivity contribution < 1.29 is 0 Å². The van der Waals surface area contributed by atoms with Gasteiger partial charge in [-0.3, -0.25) is 0 Å². The van der Waals surface area contributed by atoms with E-state index < -0.39 is 0 Å². The van der Waals surface area contributed by atoms with E-state index in [1.54, 1.807) is 0 Å².